The van der Waals surface area contributed by atoms with Gasteiger partial charge in [-0.15, -0.1) is 0 Å². The molecule has 0 aromatic rings. The van der Waals surface area contributed by atoms with Crippen molar-refractivity contribution in [3.05, 3.63) is 0 Å². The molecule has 11 nitrogen and oxygen atoms in total. The van der Waals surface area contributed by atoms with E-state index in [1.54, 1.807) is 27.2 Å². The highest BCUT2D eigenvalue weighted by Gasteiger charge is 2.39. The van der Waals surface area contributed by atoms with Crippen molar-refractivity contribution < 1.29 is 49.2 Å². The van der Waals surface area contributed by atoms with Crippen LogP contribution in [0.3, 0.4) is 0 Å². The highest BCUT2D eigenvalue weighted by Crippen LogP contribution is 2.59. The van der Waals surface area contributed by atoms with Crippen molar-refractivity contribution in [3.63, 3.8) is 0 Å². The third kappa shape index (κ3) is 25.2. The van der Waals surface area contributed by atoms with Gasteiger partial charge in [-0.3, -0.25) is 9.13 Å². The molecule has 0 aromatic carbocycles. The normalized spacial score (nSPS) is 17.0. The van der Waals surface area contributed by atoms with Crippen molar-refractivity contribution >= 4 is 54.4 Å². The van der Waals surface area contributed by atoms with Gasteiger partial charge in [-0.25, -0.2) is 0 Å². The van der Waals surface area contributed by atoms with Gasteiger partial charge in [-0.05, 0) is 37.8 Å². The van der Waals surface area contributed by atoms with Crippen LogP contribution in [0.15, 0.2) is 0 Å². The van der Waals surface area contributed by atoms with Gasteiger partial charge >= 0.3 is 47.3 Å². The number of hydrogen-bond acceptors (Lipinski definition) is 11. The molecule has 0 aliphatic carbocycles. The van der Waals surface area contributed by atoms with Gasteiger partial charge in [0.2, 0.25) is 0 Å². The molecule has 4 atom stereocenters. The van der Waals surface area contributed by atoms with E-state index in [2.05, 4.69) is 17.2 Å². The first-order valence-corrected chi connectivity index (χ1v) is 21.2. The van der Waals surface area contributed by atoms with E-state index in [-0.39, 0.29) is 12.3 Å². The van der Waals surface area contributed by atoms with E-state index in [9.17, 15) is 32.0 Å². The summed E-state index contributed by atoms with van der Waals surface area (Å²) in [6.07, 6.45) is 0.959. The molecule has 0 saturated carbocycles. The first-order chi connectivity index (χ1) is 13.3. The van der Waals surface area contributed by atoms with E-state index >= 15 is 0 Å². The summed E-state index contributed by atoms with van der Waals surface area (Å²) >= 11 is 0. The van der Waals surface area contributed by atoms with Crippen molar-refractivity contribution in [2.24, 2.45) is 0 Å². The van der Waals surface area contributed by atoms with Crippen molar-refractivity contribution in [3.8, 4) is 0 Å². The highest BCUT2D eigenvalue weighted by molar-refractivity contribution is 7.67. The van der Waals surface area contributed by atoms with Crippen molar-refractivity contribution in [1.82, 2.24) is 0 Å². The molecule has 0 amide bonds. The standard InChI is InChI=1S/2C4H11O5P3.C4H11OP/c2*1-4-12(7,8-10(2)5)9-11(3)6;1-4-6(2,3)5/h2*4H2,1-3H3;4H2,1-3H3/q2*+2;. The molecule has 0 N–H and O–H groups in total. The minimum atomic E-state index is -3.38. The van der Waals surface area contributed by atoms with Crippen LogP contribution in [0, 0.1) is 0 Å². The summed E-state index contributed by atoms with van der Waals surface area (Å²) in [7, 11) is -16.4. The Kier molecular flexibility index (Phi) is 20.6. The van der Waals surface area contributed by atoms with E-state index in [0.29, 0.717) is 0 Å². The maximum Gasteiger partial charge on any atom is 0.513 e. The summed E-state index contributed by atoms with van der Waals surface area (Å²) in [6.45, 7) is 13.7. The molecule has 0 fully saturated rings. The molecule has 0 spiro atoms. The summed E-state index contributed by atoms with van der Waals surface area (Å²) < 4.78 is 93.9. The average molecular weight is 570 g/mol. The lowest BCUT2D eigenvalue weighted by Gasteiger charge is -1.98. The second kappa shape index (κ2) is 17.4. The van der Waals surface area contributed by atoms with Crippen LogP contribution >= 0.6 is 54.4 Å². The first kappa shape index (κ1) is 35.5. The van der Waals surface area contributed by atoms with E-state index < -0.39 is 54.4 Å². The average Bonchev–Trinajstić information content (AvgIpc) is 2.52. The van der Waals surface area contributed by atoms with Gasteiger partial charge in [0.1, 0.15) is 0 Å². The van der Waals surface area contributed by atoms with Crippen LogP contribution < -0.4 is 0 Å². The summed E-state index contributed by atoms with van der Waals surface area (Å²) in [6, 6.07) is 0. The Hall–Kier alpha value is 0.930. The fourth-order valence-electron chi connectivity index (χ4n) is 0.962. The molecule has 0 aromatic heterocycles. The Bertz CT molecular complexity index is 640. The molecule has 0 saturated heterocycles. The molecule has 18 heteroatoms. The van der Waals surface area contributed by atoms with Gasteiger partial charge in [-0.2, -0.15) is 0 Å². The van der Waals surface area contributed by atoms with Crippen LogP contribution in [0.2, 0.25) is 0 Å². The maximum absolute atomic E-state index is 11.4. The Morgan fingerprint density at radius 2 is 0.700 bits per heavy atom. The van der Waals surface area contributed by atoms with Gasteiger partial charge in [0, 0.05) is 0 Å². The summed E-state index contributed by atoms with van der Waals surface area (Å²) in [4.78, 5) is 0. The zero-order valence-electron chi connectivity index (χ0n) is 18.7. The predicted molar refractivity (Wildman–Crippen MR) is 125 cm³/mol. The molecule has 0 aliphatic heterocycles. The van der Waals surface area contributed by atoms with Crippen LogP contribution in [0.25, 0.3) is 0 Å². The van der Waals surface area contributed by atoms with Gasteiger partial charge in [0.25, 0.3) is 0 Å². The fraction of sp³-hybridized carbons (Fsp3) is 1.00. The van der Waals surface area contributed by atoms with Crippen LogP contribution in [0.5, 0.6) is 0 Å². The van der Waals surface area contributed by atoms with Crippen molar-refractivity contribution in [1.29, 1.82) is 0 Å². The molecular formula is C12H33O11P7+4. The summed E-state index contributed by atoms with van der Waals surface area (Å²) in [5.41, 5.74) is 0. The third-order valence-corrected chi connectivity index (χ3v) is 13.2. The van der Waals surface area contributed by atoms with Crippen molar-refractivity contribution in [2.45, 2.75) is 20.8 Å². The number of rotatable bonds is 11. The van der Waals surface area contributed by atoms with Crippen LogP contribution in [-0.2, 0) is 49.2 Å². The van der Waals surface area contributed by atoms with Crippen LogP contribution in [0.1, 0.15) is 20.8 Å². The number of hydrogen-bond donors (Lipinski definition) is 0. The first-order valence-electron chi connectivity index (χ1n) is 8.49. The second-order valence-corrected chi connectivity index (χ2v) is 19.4. The minimum Gasteiger partial charge on any atom is -0.324 e. The summed E-state index contributed by atoms with van der Waals surface area (Å²) in [5, 5.41) is 0. The van der Waals surface area contributed by atoms with Crippen LogP contribution in [0.4, 0.5) is 0 Å². The van der Waals surface area contributed by atoms with Crippen molar-refractivity contribution in [2.75, 3.05) is 58.5 Å². The van der Waals surface area contributed by atoms with Gasteiger partial charge in [0.15, 0.2) is 26.7 Å². The molecule has 0 rings (SSSR count). The zero-order valence-corrected chi connectivity index (χ0v) is 25.0. The lowest BCUT2D eigenvalue weighted by Crippen LogP contribution is -1.87. The Morgan fingerprint density at radius 3 is 0.767 bits per heavy atom. The molecule has 0 aliphatic rings. The zero-order chi connectivity index (χ0) is 24.8. The van der Waals surface area contributed by atoms with E-state index in [4.69, 9.17) is 0 Å². The smallest absolute Gasteiger partial charge is 0.324 e. The van der Waals surface area contributed by atoms with Gasteiger partial charge < -0.3 is 4.57 Å². The molecule has 0 bridgehead atoms. The van der Waals surface area contributed by atoms with Crippen LogP contribution in [-0.4, -0.2) is 58.5 Å². The van der Waals surface area contributed by atoms with E-state index in [1.807, 2.05) is 6.92 Å². The Balaban J connectivity index is -0.000000386. The molecule has 0 radical (unpaired) electrons. The lowest BCUT2D eigenvalue weighted by atomic mass is 11.0. The lowest BCUT2D eigenvalue weighted by molar-refractivity contribution is 0.393. The Morgan fingerprint density at radius 1 is 0.533 bits per heavy atom. The van der Waals surface area contributed by atoms with Gasteiger partial charge in [-0.1, -0.05) is 38.0 Å². The minimum absolute atomic E-state index is 0.0663. The Labute approximate surface area is 183 Å². The van der Waals surface area contributed by atoms with E-state index in [1.165, 1.54) is 26.7 Å². The maximum atomic E-state index is 11.4. The second-order valence-electron chi connectivity index (χ2n) is 5.83. The SMILES string of the molecule is CCP(=O)(O[P+](C)=O)O[P+](C)=O.CCP(=O)(O[P+](C)=O)O[P+](C)=O.CCP(C)(C)=O. The van der Waals surface area contributed by atoms with Gasteiger partial charge in [0.05, 0.1) is 19.5 Å². The largest absolute Gasteiger partial charge is 0.513 e. The third-order valence-electron chi connectivity index (χ3n) is 2.49. The quantitative estimate of drug-likeness (QED) is 0.226. The van der Waals surface area contributed by atoms with E-state index in [0.717, 1.165) is 6.16 Å². The monoisotopic (exact) mass is 570 g/mol. The molecule has 30 heavy (non-hydrogen) atoms. The molecule has 178 valence electrons. The summed E-state index contributed by atoms with van der Waals surface area (Å²) in [5.74, 6) is 0. The molecule has 4 unspecified atom stereocenters. The fourth-order valence-corrected chi connectivity index (χ4v) is 9.19. The topological polar surface area (TPSA) is 156 Å². The molecule has 0 heterocycles. The highest BCUT2D eigenvalue weighted by atomic mass is 31.3. The predicted octanol–water partition coefficient (Wildman–Crippen LogP) is 7.58. The molecular weight excluding hydrogens is 537 g/mol.